The average Bonchev–Trinajstić information content (AvgIpc) is 3.14. The maximum atomic E-state index is 13.4. The number of carboxylic acid groups (broad SMARTS) is 1. The summed E-state index contributed by atoms with van der Waals surface area (Å²) in [6.45, 7) is 4.13. The lowest BCUT2D eigenvalue weighted by Crippen LogP contribution is -2.49. The number of carboxylic acids is 1. The molecule has 51 heavy (non-hydrogen) atoms. The van der Waals surface area contributed by atoms with Crippen molar-refractivity contribution in [1.82, 2.24) is 5.32 Å². The lowest BCUT2D eigenvalue weighted by molar-refractivity contribution is -0.167. The number of rotatable bonds is 22. The number of nitrogens with one attached hydrogen (secondary N) is 1. The second-order valence-corrected chi connectivity index (χ2v) is 12.9. The molecule has 0 fully saturated rings. The number of amides is 1. The number of aliphatic carboxylic acids is 1. The molecule has 1 amide bonds. The highest BCUT2D eigenvalue weighted by Crippen LogP contribution is 2.25. The summed E-state index contributed by atoms with van der Waals surface area (Å²) in [5, 5.41) is 15.4. The van der Waals surface area contributed by atoms with Crippen LogP contribution in [0.5, 0.6) is 11.5 Å². The van der Waals surface area contributed by atoms with Crippen molar-refractivity contribution in [3.05, 3.63) is 107 Å². The fourth-order valence-corrected chi connectivity index (χ4v) is 5.98. The number of ether oxygens (including phenoxy) is 4. The largest absolute Gasteiger partial charge is 0.497 e. The first-order valence-corrected chi connectivity index (χ1v) is 17.7. The summed E-state index contributed by atoms with van der Waals surface area (Å²) in [4.78, 5) is 39.0. The summed E-state index contributed by atoms with van der Waals surface area (Å²) in [7, 11) is 2.90. The van der Waals surface area contributed by atoms with Crippen LogP contribution in [0.3, 0.4) is 0 Å². The number of unbranched alkanes of at least 4 members (excludes halogenated alkanes) is 4. The van der Waals surface area contributed by atoms with Gasteiger partial charge in [0.2, 0.25) is 0 Å². The Kier molecular flexibility index (Phi) is 15.5. The van der Waals surface area contributed by atoms with Gasteiger partial charge in [-0.15, -0.1) is 0 Å². The highest BCUT2D eigenvalue weighted by molar-refractivity contribution is 6.00. The van der Waals surface area contributed by atoms with Crippen LogP contribution in [-0.4, -0.2) is 69.0 Å². The first-order valence-electron chi connectivity index (χ1n) is 17.7. The van der Waals surface area contributed by atoms with Crippen LogP contribution in [0.1, 0.15) is 71.1 Å². The highest BCUT2D eigenvalue weighted by Gasteiger charge is 2.36. The normalized spacial score (nSPS) is 12.3. The predicted octanol–water partition coefficient (Wildman–Crippen LogP) is 7.45. The quantitative estimate of drug-likeness (QED) is 0.0642. The number of benzene rings is 4. The van der Waals surface area contributed by atoms with Gasteiger partial charge < -0.3 is 29.4 Å². The molecule has 0 saturated heterocycles. The molecular weight excluding hydrogens is 646 g/mol. The van der Waals surface area contributed by atoms with E-state index in [0.717, 1.165) is 44.9 Å². The van der Waals surface area contributed by atoms with Crippen LogP contribution in [0.4, 0.5) is 0 Å². The lowest BCUT2D eigenvalue weighted by Gasteiger charge is -2.24. The standard InChI is InChI=1S/C42H51NO8/c1-29-17-18-31(25-30(29)2)13-8-6-12-24-50-39(40(42(46)47)51-28-37(44)36-27-35(48-3)21-22-38(36)49-4)41(45)43-23-11-5-7-14-32-19-20-33-15-9-10-16-34(33)26-32/h9-10,15-22,25-27,39-40H,5-8,11-14,23-24,28H2,1-4H3,(H,43,45)(H,46,47). The molecule has 2 N–H and O–H groups in total. The van der Waals surface area contributed by atoms with E-state index in [9.17, 15) is 19.5 Å². The molecule has 0 saturated carbocycles. The number of Topliss-reactive ketones (excluding diaryl/α,β-unsaturated/α-hetero) is 1. The molecule has 0 aliphatic heterocycles. The molecule has 0 aromatic heterocycles. The zero-order valence-electron chi connectivity index (χ0n) is 30.2. The molecule has 0 heterocycles. The smallest absolute Gasteiger partial charge is 0.336 e. The molecule has 9 heteroatoms. The molecule has 0 aliphatic rings. The van der Waals surface area contributed by atoms with Crippen LogP contribution in [0.25, 0.3) is 10.8 Å². The van der Waals surface area contributed by atoms with Gasteiger partial charge in [-0.25, -0.2) is 4.79 Å². The minimum atomic E-state index is -1.70. The van der Waals surface area contributed by atoms with Gasteiger partial charge in [-0.1, -0.05) is 73.5 Å². The first-order chi connectivity index (χ1) is 24.7. The number of carbonyl (C=O) groups is 3. The zero-order chi connectivity index (χ0) is 36.6. The SMILES string of the molecule is COc1ccc(OC)c(C(=O)COC(C(=O)O)C(OCCCCCc2ccc(C)c(C)c2)C(=O)NCCCCCc2ccc3ccccc3c2)c1. The Morgan fingerprint density at radius 1 is 0.686 bits per heavy atom. The van der Waals surface area contributed by atoms with Crippen LogP contribution in [0.15, 0.2) is 78.9 Å². The second kappa shape index (κ2) is 20.2. The van der Waals surface area contributed by atoms with E-state index >= 15 is 0 Å². The van der Waals surface area contributed by atoms with Crippen molar-refractivity contribution in [3.63, 3.8) is 0 Å². The molecule has 2 unspecified atom stereocenters. The number of ketones is 1. The summed E-state index contributed by atoms with van der Waals surface area (Å²) in [6, 6.07) is 26.0. The summed E-state index contributed by atoms with van der Waals surface area (Å²) >= 11 is 0. The van der Waals surface area contributed by atoms with Gasteiger partial charge in [0, 0.05) is 13.2 Å². The Morgan fingerprint density at radius 3 is 2.10 bits per heavy atom. The second-order valence-electron chi connectivity index (χ2n) is 12.9. The Labute approximate surface area is 301 Å². The van der Waals surface area contributed by atoms with Gasteiger partial charge in [-0.3, -0.25) is 9.59 Å². The third-order valence-electron chi connectivity index (χ3n) is 9.11. The Morgan fingerprint density at radius 2 is 1.39 bits per heavy atom. The van der Waals surface area contributed by atoms with Gasteiger partial charge in [-0.05, 0) is 104 Å². The fourth-order valence-electron chi connectivity index (χ4n) is 5.98. The maximum absolute atomic E-state index is 13.4. The molecule has 2 atom stereocenters. The molecular formula is C42H51NO8. The van der Waals surface area contributed by atoms with Crippen LogP contribution in [0, 0.1) is 13.8 Å². The fraction of sp³-hybridized carbons (Fsp3) is 0.405. The third kappa shape index (κ3) is 11.9. The van der Waals surface area contributed by atoms with Crippen LogP contribution in [0.2, 0.25) is 0 Å². The van der Waals surface area contributed by atoms with Gasteiger partial charge >= 0.3 is 5.97 Å². The van der Waals surface area contributed by atoms with E-state index in [1.807, 2.05) is 12.1 Å². The molecule has 4 rings (SSSR count). The summed E-state index contributed by atoms with van der Waals surface area (Å²) in [5.74, 6) is -1.77. The predicted molar refractivity (Wildman–Crippen MR) is 199 cm³/mol. The summed E-state index contributed by atoms with van der Waals surface area (Å²) in [6.07, 6.45) is 3.66. The molecule has 4 aromatic carbocycles. The van der Waals surface area contributed by atoms with Crippen molar-refractivity contribution in [2.75, 3.05) is 34.0 Å². The van der Waals surface area contributed by atoms with E-state index in [-0.39, 0.29) is 12.2 Å². The Balaban J connectivity index is 1.32. The van der Waals surface area contributed by atoms with Crippen molar-refractivity contribution in [2.45, 2.75) is 77.4 Å². The van der Waals surface area contributed by atoms with Crippen molar-refractivity contribution in [1.29, 1.82) is 0 Å². The number of aryl methyl sites for hydroxylation is 4. The molecule has 272 valence electrons. The Bertz CT molecular complexity index is 1750. The molecule has 9 nitrogen and oxygen atoms in total. The monoisotopic (exact) mass is 697 g/mol. The number of hydrogen-bond donors (Lipinski definition) is 2. The van der Waals surface area contributed by atoms with Gasteiger partial charge in [0.1, 0.15) is 18.1 Å². The van der Waals surface area contributed by atoms with Gasteiger partial charge in [0.15, 0.2) is 18.0 Å². The zero-order valence-corrected chi connectivity index (χ0v) is 30.2. The number of fused-ring (bicyclic) bond motifs is 1. The van der Waals surface area contributed by atoms with E-state index in [1.54, 1.807) is 12.1 Å². The molecule has 0 radical (unpaired) electrons. The van der Waals surface area contributed by atoms with Crippen LogP contribution in [-0.2, 0) is 31.9 Å². The van der Waals surface area contributed by atoms with E-state index in [2.05, 4.69) is 67.7 Å². The number of carbonyl (C=O) groups excluding carboxylic acids is 2. The van der Waals surface area contributed by atoms with E-state index < -0.39 is 36.5 Å². The summed E-state index contributed by atoms with van der Waals surface area (Å²) in [5.41, 5.74) is 5.23. The topological polar surface area (TPSA) is 120 Å². The van der Waals surface area contributed by atoms with Crippen molar-refractivity contribution in [2.24, 2.45) is 0 Å². The van der Waals surface area contributed by atoms with E-state index in [1.165, 1.54) is 53.3 Å². The van der Waals surface area contributed by atoms with Crippen LogP contribution < -0.4 is 14.8 Å². The molecule has 0 spiro atoms. The van der Waals surface area contributed by atoms with Crippen molar-refractivity contribution >= 4 is 28.4 Å². The first kappa shape index (κ1) is 39.1. The molecule has 0 bridgehead atoms. The minimum Gasteiger partial charge on any atom is -0.497 e. The summed E-state index contributed by atoms with van der Waals surface area (Å²) < 4.78 is 22.1. The Hall–Kier alpha value is -4.73. The van der Waals surface area contributed by atoms with Crippen molar-refractivity contribution in [3.8, 4) is 11.5 Å². The highest BCUT2D eigenvalue weighted by atomic mass is 16.6. The van der Waals surface area contributed by atoms with Crippen molar-refractivity contribution < 1.29 is 38.4 Å². The van der Waals surface area contributed by atoms with Crippen LogP contribution >= 0.6 is 0 Å². The van der Waals surface area contributed by atoms with E-state index in [0.29, 0.717) is 24.5 Å². The minimum absolute atomic E-state index is 0.168. The lowest BCUT2D eigenvalue weighted by atomic mass is 10.0. The number of hydrogen-bond acceptors (Lipinski definition) is 7. The molecule has 0 aliphatic carbocycles. The van der Waals surface area contributed by atoms with Gasteiger partial charge in [-0.2, -0.15) is 0 Å². The van der Waals surface area contributed by atoms with Gasteiger partial charge in [0.25, 0.3) is 5.91 Å². The average molecular weight is 698 g/mol. The van der Waals surface area contributed by atoms with E-state index in [4.69, 9.17) is 18.9 Å². The molecule has 4 aromatic rings. The third-order valence-corrected chi connectivity index (χ3v) is 9.11. The van der Waals surface area contributed by atoms with Gasteiger partial charge in [0.05, 0.1) is 19.8 Å². The maximum Gasteiger partial charge on any atom is 0.336 e. The number of methoxy groups -OCH3 is 2.